The van der Waals surface area contributed by atoms with Crippen LogP contribution in [0.1, 0.15) is 36.0 Å². The zero-order valence-electron chi connectivity index (χ0n) is 11.2. The molecular formula is C15H20FNO2. The SMILES string of the molecule is COc1ccc(C(=O)CCC2CCCNC2)c(F)c1. The van der Waals surface area contributed by atoms with E-state index in [1.165, 1.54) is 19.2 Å². The maximum atomic E-state index is 13.7. The topological polar surface area (TPSA) is 38.3 Å². The van der Waals surface area contributed by atoms with Crippen LogP contribution in [0, 0.1) is 11.7 Å². The minimum absolute atomic E-state index is 0.120. The van der Waals surface area contributed by atoms with E-state index < -0.39 is 5.82 Å². The van der Waals surface area contributed by atoms with E-state index in [2.05, 4.69) is 5.32 Å². The Balaban J connectivity index is 1.92. The first-order valence-electron chi connectivity index (χ1n) is 6.78. The maximum absolute atomic E-state index is 13.7. The van der Waals surface area contributed by atoms with Gasteiger partial charge in [0.05, 0.1) is 12.7 Å². The number of halogens is 1. The van der Waals surface area contributed by atoms with Gasteiger partial charge in [-0.15, -0.1) is 0 Å². The molecule has 0 spiro atoms. The van der Waals surface area contributed by atoms with Crippen LogP contribution in [0.3, 0.4) is 0 Å². The summed E-state index contributed by atoms with van der Waals surface area (Å²) in [6.45, 7) is 2.04. The van der Waals surface area contributed by atoms with Gasteiger partial charge >= 0.3 is 0 Å². The second-order valence-electron chi connectivity index (χ2n) is 5.02. The summed E-state index contributed by atoms with van der Waals surface area (Å²) < 4.78 is 18.7. The minimum atomic E-state index is -0.494. The Kier molecular flexibility index (Phi) is 4.91. The zero-order chi connectivity index (χ0) is 13.7. The predicted molar refractivity (Wildman–Crippen MR) is 72.1 cm³/mol. The Bertz CT molecular complexity index is 442. The second kappa shape index (κ2) is 6.66. The van der Waals surface area contributed by atoms with Gasteiger partial charge in [0.2, 0.25) is 0 Å². The molecule has 1 aromatic carbocycles. The summed E-state index contributed by atoms with van der Waals surface area (Å²) in [7, 11) is 1.48. The quantitative estimate of drug-likeness (QED) is 0.832. The molecular weight excluding hydrogens is 245 g/mol. The molecule has 19 heavy (non-hydrogen) atoms. The number of nitrogens with one attached hydrogen (secondary N) is 1. The third-order valence-electron chi connectivity index (χ3n) is 3.66. The molecule has 0 aromatic heterocycles. The Morgan fingerprint density at radius 1 is 1.53 bits per heavy atom. The fourth-order valence-electron chi connectivity index (χ4n) is 2.49. The monoisotopic (exact) mass is 265 g/mol. The third-order valence-corrected chi connectivity index (χ3v) is 3.66. The molecule has 1 heterocycles. The Hall–Kier alpha value is -1.42. The molecule has 104 valence electrons. The standard InChI is InChI=1S/C15H20FNO2/c1-19-12-5-6-13(14(16)9-12)15(18)7-4-11-3-2-8-17-10-11/h5-6,9,11,17H,2-4,7-8,10H2,1H3. The lowest BCUT2D eigenvalue weighted by Crippen LogP contribution is -2.30. The molecule has 1 aliphatic heterocycles. The highest BCUT2D eigenvalue weighted by molar-refractivity contribution is 5.96. The van der Waals surface area contributed by atoms with Crippen LogP contribution in [0.15, 0.2) is 18.2 Å². The lowest BCUT2D eigenvalue weighted by atomic mass is 9.92. The van der Waals surface area contributed by atoms with Crippen LogP contribution in [0.25, 0.3) is 0 Å². The lowest BCUT2D eigenvalue weighted by molar-refractivity contribution is 0.0967. The summed E-state index contributed by atoms with van der Waals surface area (Å²) >= 11 is 0. The molecule has 3 nitrogen and oxygen atoms in total. The molecule has 1 aromatic rings. The molecule has 1 N–H and O–H groups in total. The molecule has 1 fully saturated rings. The van der Waals surface area contributed by atoms with Gasteiger partial charge in [-0.3, -0.25) is 4.79 Å². The first-order valence-corrected chi connectivity index (χ1v) is 6.78. The first kappa shape index (κ1) is 14.0. The van der Waals surface area contributed by atoms with Gasteiger partial charge < -0.3 is 10.1 Å². The van der Waals surface area contributed by atoms with E-state index in [9.17, 15) is 9.18 Å². The van der Waals surface area contributed by atoms with Crippen LogP contribution < -0.4 is 10.1 Å². The van der Waals surface area contributed by atoms with Crippen molar-refractivity contribution in [3.05, 3.63) is 29.6 Å². The molecule has 0 radical (unpaired) electrons. The van der Waals surface area contributed by atoms with Crippen molar-refractivity contribution in [2.75, 3.05) is 20.2 Å². The number of ketones is 1. The fourth-order valence-corrected chi connectivity index (χ4v) is 2.49. The smallest absolute Gasteiger partial charge is 0.165 e. The third kappa shape index (κ3) is 3.77. The number of benzene rings is 1. The van der Waals surface area contributed by atoms with Crippen molar-refractivity contribution in [3.63, 3.8) is 0 Å². The molecule has 0 saturated carbocycles. The van der Waals surface area contributed by atoms with Gasteiger partial charge in [-0.05, 0) is 50.4 Å². The summed E-state index contributed by atoms with van der Waals surface area (Å²) in [5.41, 5.74) is 0.171. The molecule has 0 aliphatic carbocycles. The van der Waals surface area contributed by atoms with Gasteiger partial charge in [0.25, 0.3) is 0 Å². The van der Waals surface area contributed by atoms with Gasteiger partial charge in [-0.2, -0.15) is 0 Å². The molecule has 1 unspecified atom stereocenters. The van der Waals surface area contributed by atoms with Crippen LogP contribution in [0.5, 0.6) is 5.75 Å². The number of carbonyl (C=O) groups excluding carboxylic acids is 1. The Morgan fingerprint density at radius 3 is 3.00 bits per heavy atom. The van der Waals surface area contributed by atoms with Crippen molar-refractivity contribution in [1.29, 1.82) is 0 Å². The second-order valence-corrected chi connectivity index (χ2v) is 5.02. The van der Waals surface area contributed by atoms with Crippen molar-refractivity contribution >= 4 is 5.78 Å². The van der Waals surface area contributed by atoms with Gasteiger partial charge in [0, 0.05) is 12.5 Å². The number of rotatable bonds is 5. The van der Waals surface area contributed by atoms with Gasteiger partial charge in [0.1, 0.15) is 11.6 Å². The Labute approximate surface area is 113 Å². The number of hydrogen-bond acceptors (Lipinski definition) is 3. The lowest BCUT2D eigenvalue weighted by Gasteiger charge is -2.22. The van der Waals surface area contributed by atoms with E-state index in [0.717, 1.165) is 32.4 Å². The highest BCUT2D eigenvalue weighted by Gasteiger charge is 2.17. The number of Topliss-reactive ketones (excluding diaryl/α,β-unsaturated/α-hetero) is 1. The predicted octanol–water partition coefficient (Wildman–Crippen LogP) is 2.80. The van der Waals surface area contributed by atoms with Crippen LogP contribution in [-0.4, -0.2) is 26.0 Å². The summed E-state index contributed by atoms with van der Waals surface area (Å²) in [6, 6.07) is 4.39. The van der Waals surface area contributed by atoms with Crippen LogP contribution >= 0.6 is 0 Å². The number of ether oxygens (including phenoxy) is 1. The van der Waals surface area contributed by atoms with Gasteiger partial charge in [0.15, 0.2) is 5.78 Å². The van der Waals surface area contributed by atoms with Crippen molar-refractivity contribution in [2.24, 2.45) is 5.92 Å². The first-order chi connectivity index (χ1) is 9.20. The largest absolute Gasteiger partial charge is 0.497 e. The van der Waals surface area contributed by atoms with Crippen LogP contribution in [0.4, 0.5) is 4.39 Å². The number of carbonyl (C=O) groups is 1. The van der Waals surface area contributed by atoms with Gasteiger partial charge in [-0.25, -0.2) is 4.39 Å². The maximum Gasteiger partial charge on any atom is 0.165 e. The number of methoxy groups -OCH3 is 1. The zero-order valence-corrected chi connectivity index (χ0v) is 11.2. The van der Waals surface area contributed by atoms with E-state index in [0.29, 0.717) is 18.1 Å². The van der Waals surface area contributed by atoms with E-state index >= 15 is 0 Å². The molecule has 1 saturated heterocycles. The average Bonchev–Trinajstić information content (AvgIpc) is 2.45. The van der Waals surface area contributed by atoms with Crippen molar-refractivity contribution in [1.82, 2.24) is 5.32 Å². The van der Waals surface area contributed by atoms with Crippen LogP contribution in [-0.2, 0) is 0 Å². The van der Waals surface area contributed by atoms with E-state index in [1.54, 1.807) is 6.07 Å². The summed E-state index contributed by atoms with van der Waals surface area (Å²) in [6.07, 6.45) is 3.56. The number of hydrogen-bond donors (Lipinski definition) is 1. The average molecular weight is 265 g/mol. The van der Waals surface area contributed by atoms with Crippen molar-refractivity contribution < 1.29 is 13.9 Å². The highest BCUT2D eigenvalue weighted by Crippen LogP contribution is 2.21. The number of piperidine rings is 1. The Morgan fingerprint density at radius 2 is 2.37 bits per heavy atom. The summed E-state index contributed by atoms with van der Waals surface area (Å²) in [5, 5.41) is 3.32. The highest BCUT2D eigenvalue weighted by atomic mass is 19.1. The normalized spacial score (nSPS) is 19.2. The summed E-state index contributed by atoms with van der Waals surface area (Å²) in [5.74, 6) is 0.362. The van der Waals surface area contributed by atoms with E-state index in [1.807, 2.05) is 0 Å². The molecule has 0 bridgehead atoms. The summed E-state index contributed by atoms with van der Waals surface area (Å²) in [4.78, 5) is 12.0. The van der Waals surface area contributed by atoms with Crippen molar-refractivity contribution in [3.8, 4) is 5.75 Å². The van der Waals surface area contributed by atoms with Gasteiger partial charge in [-0.1, -0.05) is 0 Å². The van der Waals surface area contributed by atoms with E-state index in [-0.39, 0.29) is 11.3 Å². The minimum Gasteiger partial charge on any atom is -0.497 e. The van der Waals surface area contributed by atoms with Crippen molar-refractivity contribution in [2.45, 2.75) is 25.7 Å². The molecule has 1 atom stereocenters. The molecule has 0 amide bonds. The molecule has 4 heteroatoms. The fraction of sp³-hybridized carbons (Fsp3) is 0.533. The molecule has 1 aliphatic rings. The molecule has 2 rings (SSSR count). The van der Waals surface area contributed by atoms with Crippen LogP contribution in [0.2, 0.25) is 0 Å². The van der Waals surface area contributed by atoms with E-state index in [4.69, 9.17) is 4.74 Å².